The van der Waals surface area contributed by atoms with E-state index in [0.29, 0.717) is 5.56 Å². The van der Waals surface area contributed by atoms with Crippen LogP contribution in [-0.4, -0.2) is 26.2 Å². The molecule has 1 heterocycles. The van der Waals surface area contributed by atoms with Crippen LogP contribution in [0.25, 0.3) is 0 Å². The third kappa shape index (κ3) is 3.96. The molecule has 33 heavy (non-hydrogen) atoms. The van der Waals surface area contributed by atoms with Gasteiger partial charge in [-0.15, -0.1) is 0 Å². The maximum atomic E-state index is 15.2. The Kier molecular flexibility index (Phi) is 6.84. The molecule has 2 N–H and O–H groups in total. The van der Waals surface area contributed by atoms with Gasteiger partial charge in [0.15, 0.2) is 5.82 Å². The summed E-state index contributed by atoms with van der Waals surface area (Å²) in [5, 5.41) is 9.97. The van der Waals surface area contributed by atoms with E-state index in [4.69, 9.17) is 15.2 Å². The molecule has 7 nitrogen and oxygen atoms in total. The second-order valence-corrected chi connectivity index (χ2v) is 7.82. The quantitative estimate of drug-likeness (QED) is 0.483. The SMILES string of the molecule is COC(=O)C1=C(C(=O)OC)N(c2cc(Br)c(F)c(C)c2F)C(N)=C(C#N)C1c1ccccc1. The highest BCUT2D eigenvalue weighted by Crippen LogP contribution is 2.44. The van der Waals surface area contributed by atoms with Crippen LogP contribution in [0.5, 0.6) is 0 Å². The number of carbonyl (C=O) groups is 2. The Morgan fingerprint density at radius 3 is 2.27 bits per heavy atom. The Labute approximate surface area is 196 Å². The summed E-state index contributed by atoms with van der Waals surface area (Å²) in [4.78, 5) is 26.8. The molecule has 1 atom stereocenters. The molecular formula is C23H18BrF2N3O4. The molecule has 1 unspecified atom stereocenters. The Bertz CT molecular complexity index is 1250. The highest BCUT2D eigenvalue weighted by Gasteiger charge is 2.43. The van der Waals surface area contributed by atoms with Crippen LogP contribution >= 0.6 is 15.9 Å². The van der Waals surface area contributed by atoms with Crippen molar-refractivity contribution in [3.8, 4) is 6.07 Å². The maximum absolute atomic E-state index is 15.2. The van der Waals surface area contributed by atoms with Crippen LogP contribution in [0.15, 0.2) is 63.5 Å². The molecule has 0 fully saturated rings. The summed E-state index contributed by atoms with van der Waals surface area (Å²) in [5.74, 6) is -5.30. The average Bonchev–Trinajstić information content (AvgIpc) is 2.83. The van der Waals surface area contributed by atoms with Gasteiger partial charge >= 0.3 is 11.9 Å². The fourth-order valence-electron chi connectivity index (χ4n) is 3.64. The number of hydrogen-bond acceptors (Lipinski definition) is 7. The van der Waals surface area contributed by atoms with E-state index < -0.39 is 35.2 Å². The van der Waals surface area contributed by atoms with Gasteiger partial charge in [0.25, 0.3) is 0 Å². The van der Waals surface area contributed by atoms with E-state index in [1.807, 2.05) is 6.07 Å². The predicted octanol–water partition coefficient (Wildman–Crippen LogP) is 3.93. The van der Waals surface area contributed by atoms with Crippen molar-refractivity contribution in [3.63, 3.8) is 0 Å². The molecule has 1 aliphatic heterocycles. The highest BCUT2D eigenvalue weighted by molar-refractivity contribution is 9.10. The minimum atomic E-state index is -1.10. The number of methoxy groups -OCH3 is 2. The lowest BCUT2D eigenvalue weighted by Crippen LogP contribution is -2.41. The number of ether oxygens (including phenoxy) is 2. The summed E-state index contributed by atoms with van der Waals surface area (Å²) >= 11 is 3.02. The zero-order valence-electron chi connectivity index (χ0n) is 17.8. The normalized spacial score (nSPS) is 15.9. The van der Waals surface area contributed by atoms with Crippen LogP contribution < -0.4 is 10.6 Å². The summed E-state index contributed by atoms with van der Waals surface area (Å²) in [6.45, 7) is 1.20. The van der Waals surface area contributed by atoms with Crippen LogP contribution in [0, 0.1) is 29.9 Å². The van der Waals surface area contributed by atoms with Crippen LogP contribution in [0.4, 0.5) is 14.5 Å². The molecule has 0 saturated carbocycles. The molecule has 1 aliphatic rings. The van der Waals surface area contributed by atoms with Gasteiger partial charge in [-0.1, -0.05) is 30.3 Å². The van der Waals surface area contributed by atoms with Crippen molar-refractivity contribution < 1.29 is 27.8 Å². The van der Waals surface area contributed by atoms with Gasteiger partial charge in [0, 0.05) is 5.56 Å². The van der Waals surface area contributed by atoms with Gasteiger partial charge in [-0.3, -0.25) is 4.90 Å². The van der Waals surface area contributed by atoms with Crippen molar-refractivity contribution in [1.82, 2.24) is 0 Å². The predicted molar refractivity (Wildman–Crippen MR) is 118 cm³/mol. The van der Waals surface area contributed by atoms with Gasteiger partial charge in [0.2, 0.25) is 0 Å². The number of hydrogen-bond donors (Lipinski definition) is 1. The zero-order chi connectivity index (χ0) is 24.4. The monoisotopic (exact) mass is 517 g/mol. The second kappa shape index (κ2) is 9.42. The molecule has 0 radical (unpaired) electrons. The van der Waals surface area contributed by atoms with Crippen molar-refractivity contribution in [1.29, 1.82) is 5.26 Å². The molecule has 0 saturated heterocycles. The van der Waals surface area contributed by atoms with Crippen LogP contribution in [0.2, 0.25) is 0 Å². The lowest BCUT2D eigenvalue weighted by Gasteiger charge is -2.36. The molecule has 0 aromatic heterocycles. The first-order valence-corrected chi connectivity index (χ1v) is 10.3. The zero-order valence-corrected chi connectivity index (χ0v) is 19.4. The Hall–Kier alpha value is -3.71. The van der Waals surface area contributed by atoms with Gasteiger partial charge in [-0.25, -0.2) is 18.4 Å². The second-order valence-electron chi connectivity index (χ2n) is 6.97. The van der Waals surface area contributed by atoms with Gasteiger partial charge in [-0.05, 0) is 34.5 Å². The summed E-state index contributed by atoms with van der Waals surface area (Å²) in [6, 6.07) is 11.4. The number of nitrogens with two attached hydrogens (primary N) is 1. The van der Waals surface area contributed by atoms with Gasteiger partial charge in [-0.2, -0.15) is 5.26 Å². The largest absolute Gasteiger partial charge is 0.466 e. The van der Waals surface area contributed by atoms with Gasteiger partial charge in [0.1, 0.15) is 17.3 Å². The number of esters is 2. The van der Waals surface area contributed by atoms with E-state index in [9.17, 15) is 19.2 Å². The van der Waals surface area contributed by atoms with E-state index in [1.54, 1.807) is 30.3 Å². The van der Waals surface area contributed by atoms with Crippen molar-refractivity contribution in [2.75, 3.05) is 19.1 Å². The van der Waals surface area contributed by atoms with E-state index in [2.05, 4.69) is 15.9 Å². The fraction of sp³-hybridized carbons (Fsp3) is 0.174. The molecule has 10 heteroatoms. The summed E-state index contributed by atoms with van der Waals surface area (Å²) in [6.07, 6.45) is 0. The van der Waals surface area contributed by atoms with Crippen LogP contribution in [-0.2, 0) is 19.1 Å². The van der Waals surface area contributed by atoms with E-state index in [0.717, 1.165) is 25.2 Å². The molecule has 0 spiro atoms. The molecule has 0 aliphatic carbocycles. The molecule has 0 bridgehead atoms. The average molecular weight is 518 g/mol. The molecule has 0 amide bonds. The smallest absolute Gasteiger partial charge is 0.355 e. The third-order valence-corrected chi connectivity index (χ3v) is 5.78. The molecule has 170 valence electrons. The van der Waals surface area contributed by atoms with Gasteiger partial charge in [0.05, 0.1) is 47.5 Å². The fourth-order valence-corrected chi connectivity index (χ4v) is 4.15. The number of rotatable bonds is 4. The number of anilines is 1. The Morgan fingerprint density at radius 1 is 1.12 bits per heavy atom. The minimum absolute atomic E-state index is 0.114. The van der Waals surface area contributed by atoms with Gasteiger partial charge < -0.3 is 15.2 Å². The van der Waals surface area contributed by atoms with Crippen LogP contribution in [0.1, 0.15) is 17.0 Å². The number of allylic oxidation sites excluding steroid dienone is 1. The molecular weight excluding hydrogens is 500 g/mol. The van der Waals surface area contributed by atoms with Crippen molar-refractivity contribution in [3.05, 3.63) is 86.3 Å². The van der Waals surface area contributed by atoms with Crippen molar-refractivity contribution in [2.45, 2.75) is 12.8 Å². The van der Waals surface area contributed by atoms with Crippen molar-refractivity contribution >= 4 is 33.6 Å². The topological polar surface area (TPSA) is 106 Å². The Morgan fingerprint density at radius 2 is 1.73 bits per heavy atom. The first-order valence-electron chi connectivity index (χ1n) is 9.49. The number of carbonyl (C=O) groups excluding carboxylic acids is 2. The number of halogens is 3. The van der Waals surface area contributed by atoms with Crippen molar-refractivity contribution in [2.24, 2.45) is 5.73 Å². The van der Waals surface area contributed by atoms with E-state index in [-0.39, 0.29) is 32.7 Å². The maximum Gasteiger partial charge on any atom is 0.355 e. The first kappa shape index (κ1) is 23.9. The number of benzene rings is 2. The van der Waals surface area contributed by atoms with E-state index in [1.165, 1.54) is 6.92 Å². The third-order valence-electron chi connectivity index (χ3n) is 5.21. The summed E-state index contributed by atoms with van der Waals surface area (Å²) < 4.78 is 39.2. The summed E-state index contributed by atoms with van der Waals surface area (Å²) in [5.41, 5.74) is 5.18. The van der Waals surface area contributed by atoms with E-state index >= 15 is 4.39 Å². The molecule has 2 aromatic carbocycles. The summed E-state index contributed by atoms with van der Waals surface area (Å²) in [7, 11) is 2.17. The molecule has 2 aromatic rings. The van der Waals surface area contributed by atoms with Crippen LogP contribution in [0.3, 0.4) is 0 Å². The number of nitriles is 1. The highest BCUT2D eigenvalue weighted by atomic mass is 79.9. The standard InChI is InChI=1S/C23H18BrF2N3O4/c1-11-18(25)14(24)9-15(19(11)26)29-20(23(31)33-3)17(22(30)32-2)16(13(10-27)21(29)28)12-7-5-4-6-8-12/h4-9,16H,28H2,1-3H3. The lowest BCUT2D eigenvalue weighted by atomic mass is 9.81. The number of nitrogens with zero attached hydrogens (tertiary/aromatic N) is 2. The first-order chi connectivity index (χ1) is 15.7. The Balaban J connectivity index is 2.49. The molecule has 3 rings (SSSR count). The minimum Gasteiger partial charge on any atom is -0.466 e. The lowest BCUT2D eigenvalue weighted by molar-refractivity contribution is -0.139.